The SMILES string of the molecule is CCOc1ccc(N=c2scc(-c3ccc(Cl)cc3)n2C)cc1. The summed E-state index contributed by atoms with van der Waals surface area (Å²) >= 11 is 7.57. The van der Waals surface area contributed by atoms with Crippen molar-refractivity contribution < 1.29 is 4.74 Å². The van der Waals surface area contributed by atoms with Crippen LogP contribution in [0, 0.1) is 0 Å². The van der Waals surface area contributed by atoms with Crippen molar-refractivity contribution in [3.63, 3.8) is 0 Å². The summed E-state index contributed by atoms with van der Waals surface area (Å²) in [7, 11) is 2.02. The Kier molecular flexibility index (Phi) is 4.84. The molecule has 1 aromatic heterocycles. The van der Waals surface area contributed by atoms with E-state index in [1.165, 1.54) is 0 Å². The molecule has 3 nitrogen and oxygen atoms in total. The first-order valence-corrected chi connectivity index (χ1v) is 8.61. The topological polar surface area (TPSA) is 26.5 Å². The summed E-state index contributed by atoms with van der Waals surface area (Å²) in [4.78, 5) is 5.65. The van der Waals surface area contributed by atoms with Crippen LogP contribution in [0.15, 0.2) is 58.9 Å². The summed E-state index contributed by atoms with van der Waals surface area (Å²) in [5, 5.41) is 2.85. The number of thiazole rings is 1. The summed E-state index contributed by atoms with van der Waals surface area (Å²) in [5.74, 6) is 0.865. The third-order valence-electron chi connectivity index (χ3n) is 3.44. The van der Waals surface area contributed by atoms with Crippen LogP contribution in [0.4, 0.5) is 5.69 Å². The minimum absolute atomic E-state index is 0.667. The molecule has 0 atom stereocenters. The lowest BCUT2D eigenvalue weighted by atomic mass is 10.2. The predicted octanol–water partition coefficient (Wildman–Crippen LogP) is 5.04. The van der Waals surface area contributed by atoms with Crippen LogP contribution in [-0.4, -0.2) is 11.2 Å². The molecule has 0 aliphatic carbocycles. The minimum atomic E-state index is 0.667. The van der Waals surface area contributed by atoms with E-state index in [0.717, 1.165) is 32.5 Å². The summed E-state index contributed by atoms with van der Waals surface area (Å²) < 4.78 is 7.54. The summed E-state index contributed by atoms with van der Waals surface area (Å²) in [6, 6.07) is 15.6. The summed E-state index contributed by atoms with van der Waals surface area (Å²) in [6.45, 7) is 2.64. The molecule has 0 spiro atoms. The Hall–Kier alpha value is -2.04. The van der Waals surface area contributed by atoms with Gasteiger partial charge in [-0.05, 0) is 48.9 Å². The number of hydrogen-bond acceptors (Lipinski definition) is 3. The number of aromatic nitrogens is 1. The third kappa shape index (κ3) is 3.66. The molecule has 0 unspecified atom stereocenters. The Balaban J connectivity index is 1.93. The van der Waals surface area contributed by atoms with Gasteiger partial charge in [0.2, 0.25) is 0 Å². The van der Waals surface area contributed by atoms with E-state index in [2.05, 4.69) is 9.95 Å². The number of hydrogen-bond donors (Lipinski definition) is 0. The fraction of sp³-hybridized carbons (Fsp3) is 0.167. The van der Waals surface area contributed by atoms with E-state index >= 15 is 0 Å². The van der Waals surface area contributed by atoms with Crippen LogP contribution in [0.2, 0.25) is 5.02 Å². The zero-order valence-corrected chi connectivity index (χ0v) is 14.6. The molecular weight excluding hydrogens is 328 g/mol. The molecule has 0 saturated carbocycles. The van der Waals surface area contributed by atoms with Gasteiger partial charge in [-0.15, -0.1) is 11.3 Å². The van der Waals surface area contributed by atoms with Gasteiger partial charge in [-0.1, -0.05) is 23.7 Å². The van der Waals surface area contributed by atoms with Gasteiger partial charge in [-0.3, -0.25) is 0 Å². The molecule has 0 saturated heterocycles. The molecule has 0 N–H and O–H groups in total. The highest BCUT2D eigenvalue weighted by atomic mass is 35.5. The Morgan fingerprint density at radius 2 is 1.78 bits per heavy atom. The van der Waals surface area contributed by atoms with Gasteiger partial charge in [-0.25, -0.2) is 4.99 Å². The standard InChI is InChI=1S/C18H17ClN2OS/c1-3-22-16-10-8-15(9-11-16)20-18-21(2)17(12-23-18)13-4-6-14(19)7-5-13/h4-12H,3H2,1-2H3. The highest BCUT2D eigenvalue weighted by Gasteiger charge is 2.04. The van der Waals surface area contributed by atoms with E-state index in [1.807, 2.05) is 62.5 Å². The van der Waals surface area contributed by atoms with Crippen molar-refractivity contribution in [3.8, 4) is 17.0 Å². The van der Waals surface area contributed by atoms with Gasteiger partial charge in [0, 0.05) is 17.5 Å². The van der Waals surface area contributed by atoms with Gasteiger partial charge >= 0.3 is 0 Å². The molecule has 0 fully saturated rings. The van der Waals surface area contributed by atoms with Crippen LogP contribution in [-0.2, 0) is 7.05 Å². The average molecular weight is 345 g/mol. The highest BCUT2D eigenvalue weighted by Crippen LogP contribution is 2.22. The van der Waals surface area contributed by atoms with Gasteiger partial charge in [0.05, 0.1) is 18.0 Å². The van der Waals surface area contributed by atoms with Gasteiger partial charge in [0.1, 0.15) is 5.75 Å². The maximum atomic E-state index is 5.95. The molecule has 0 radical (unpaired) electrons. The normalized spacial score (nSPS) is 11.7. The maximum Gasteiger partial charge on any atom is 0.190 e. The smallest absolute Gasteiger partial charge is 0.190 e. The van der Waals surface area contributed by atoms with E-state index in [9.17, 15) is 0 Å². The van der Waals surface area contributed by atoms with Crippen molar-refractivity contribution >= 4 is 28.6 Å². The zero-order chi connectivity index (χ0) is 16.2. The molecule has 5 heteroatoms. The van der Waals surface area contributed by atoms with E-state index in [0.29, 0.717) is 6.61 Å². The number of ether oxygens (including phenoxy) is 1. The largest absolute Gasteiger partial charge is 0.494 e. The van der Waals surface area contributed by atoms with Crippen LogP contribution in [0.5, 0.6) is 5.75 Å². The zero-order valence-electron chi connectivity index (χ0n) is 13.0. The van der Waals surface area contributed by atoms with E-state index in [-0.39, 0.29) is 0 Å². The van der Waals surface area contributed by atoms with Crippen LogP contribution in [0.25, 0.3) is 11.3 Å². The van der Waals surface area contributed by atoms with Crippen molar-refractivity contribution in [1.29, 1.82) is 0 Å². The average Bonchev–Trinajstić information content (AvgIpc) is 2.91. The van der Waals surface area contributed by atoms with Crippen molar-refractivity contribution in [1.82, 2.24) is 4.57 Å². The first-order valence-electron chi connectivity index (χ1n) is 7.35. The number of rotatable bonds is 4. The molecule has 3 aromatic rings. The monoisotopic (exact) mass is 344 g/mol. The second kappa shape index (κ2) is 7.02. The van der Waals surface area contributed by atoms with Crippen molar-refractivity contribution in [2.75, 3.05) is 6.61 Å². The first kappa shape index (κ1) is 15.8. The lowest BCUT2D eigenvalue weighted by Gasteiger charge is -2.03. The van der Waals surface area contributed by atoms with Crippen LogP contribution in [0.1, 0.15) is 6.92 Å². The molecule has 2 aromatic carbocycles. The Labute approximate surface area is 144 Å². The quantitative estimate of drug-likeness (QED) is 0.651. The molecule has 23 heavy (non-hydrogen) atoms. The Morgan fingerprint density at radius 3 is 2.43 bits per heavy atom. The van der Waals surface area contributed by atoms with Gasteiger partial charge in [0.15, 0.2) is 4.80 Å². The molecule has 0 aliphatic rings. The van der Waals surface area contributed by atoms with Crippen LogP contribution in [0.3, 0.4) is 0 Å². The molecule has 1 heterocycles. The molecular formula is C18H17ClN2OS. The van der Waals surface area contributed by atoms with Crippen molar-refractivity contribution in [2.45, 2.75) is 6.92 Å². The lowest BCUT2D eigenvalue weighted by molar-refractivity contribution is 0.340. The van der Waals surface area contributed by atoms with Gasteiger partial charge in [-0.2, -0.15) is 0 Å². The second-order valence-corrected chi connectivity index (χ2v) is 6.28. The highest BCUT2D eigenvalue weighted by molar-refractivity contribution is 7.07. The second-order valence-electron chi connectivity index (χ2n) is 5.01. The predicted molar refractivity (Wildman–Crippen MR) is 96.6 cm³/mol. The first-order chi connectivity index (χ1) is 11.2. The third-order valence-corrected chi connectivity index (χ3v) is 4.61. The van der Waals surface area contributed by atoms with Gasteiger partial charge in [0.25, 0.3) is 0 Å². The molecule has 0 amide bonds. The number of benzene rings is 2. The summed E-state index contributed by atoms with van der Waals surface area (Å²) in [6.07, 6.45) is 0. The number of halogens is 1. The molecule has 3 rings (SSSR count). The Bertz CT molecular complexity index is 848. The van der Waals surface area contributed by atoms with Gasteiger partial charge < -0.3 is 9.30 Å². The fourth-order valence-corrected chi connectivity index (χ4v) is 3.30. The Morgan fingerprint density at radius 1 is 1.09 bits per heavy atom. The maximum absolute atomic E-state index is 5.95. The van der Waals surface area contributed by atoms with E-state index in [1.54, 1.807) is 11.3 Å². The van der Waals surface area contributed by atoms with Crippen LogP contribution >= 0.6 is 22.9 Å². The summed E-state index contributed by atoms with van der Waals surface area (Å²) in [5.41, 5.74) is 3.16. The minimum Gasteiger partial charge on any atom is -0.494 e. The van der Waals surface area contributed by atoms with E-state index in [4.69, 9.17) is 21.3 Å². The van der Waals surface area contributed by atoms with E-state index < -0.39 is 0 Å². The fourth-order valence-electron chi connectivity index (χ4n) is 2.25. The lowest BCUT2D eigenvalue weighted by Crippen LogP contribution is -2.10. The molecule has 118 valence electrons. The molecule has 0 bridgehead atoms. The number of nitrogens with zero attached hydrogens (tertiary/aromatic N) is 2. The molecule has 0 aliphatic heterocycles. The van der Waals surface area contributed by atoms with Crippen LogP contribution < -0.4 is 9.54 Å². The van der Waals surface area contributed by atoms with Crippen molar-refractivity contribution in [2.24, 2.45) is 12.0 Å². The van der Waals surface area contributed by atoms with Crippen molar-refractivity contribution in [3.05, 3.63) is 63.7 Å².